The molecular weight excluding hydrogens is 355 g/mol. The van der Waals surface area contributed by atoms with Crippen LogP contribution in [0, 0.1) is 5.82 Å². The average Bonchev–Trinajstić information content (AvgIpc) is 3.06. The molecule has 7 heteroatoms. The van der Waals surface area contributed by atoms with Gasteiger partial charge < -0.3 is 10.2 Å². The second-order valence-electron chi connectivity index (χ2n) is 5.86. The standard InChI is InChI=1S/C19H14ClFN4O/c20-13-5-3-6-14(21)18(13)19(26)22-16-8-9-17(24-23-16)25-11-10-12-4-1-2-7-15(12)25/h1-9H,10-11H2,(H,22,23,26). The molecule has 0 saturated heterocycles. The van der Waals surface area contributed by atoms with Gasteiger partial charge in [0, 0.05) is 12.2 Å². The highest BCUT2D eigenvalue weighted by atomic mass is 35.5. The topological polar surface area (TPSA) is 58.1 Å². The van der Waals surface area contributed by atoms with Crippen molar-refractivity contribution in [3.05, 3.63) is 76.6 Å². The van der Waals surface area contributed by atoms with Gasteiger partial charge in [-0.05, 0) is 42.3 Å². The van der Waals surface area contributed by atoms with Crippen LogP contribution in [-0.2, 0) is 6.42 Å². The first-order chi connectivity index (χ1) is 12.6. The molecule has 1 aliphatic rings. The quantitative estimate of drug-likeness (QED) is 0.752. The molecule has 0 bridgehead atoms. The van der Waals surface area contributed by atoms with Crippen LogP contribution in [0.2, 0.25) is 5.02 Å². The number of fused-ring (bicyclic) bond motifs is 1. The molecule has 1 aromatic heterocycles. The molecule has 5 nitrogen and oxygen atoms in total. The summed E-state index contributed by atoms with van der Waals surface area (Å²) in [5.74, 6) is -0.433. The monoisotopic (exact) mass is 368 g/mol. The number of hydrogen-bond acceptors (Lipinski definition) is 4. The van der Waals surface area contributed by atoms with E-state index in [2.05, 4.69) is 26.5 Å². The van der Waals surface area contributed by atoms with Crippen LogP contribution >= 0.6 is 11.6 Å². The number of aromatic nitrogens is 2. The first-order valence-corrected chi connectivity index (χ1v) is 8.46. The largest absolute Gasteiger partial charge is 0.324 e. The van der Waals surface area contributed by atoms with Gasteiger partial charge in [-0.25, -0.2) is 4.39 Å². The molecule has 0 aliphatic carbocycles. The van der Waals surface area contributed by atoms with Crippen molar-refractivity contribution >= 4 is 34.8 Å². The predicted molar refractivity (Wildman–Crippen MR) is 98.5 cm³/mol. The normalized spacial score (nSPS) is 12.8. The minimum absolute atomic E-state index is 0.0424. The lowest BCUT2D eigenvalue weighted by molar-refractivity contribution is 0.102. The summed E-state index contributed by atoms with van der Waals surface area (Å²) in [5, 5.41) is 10.8. The summed E-state index contributed by atoms with van der Waals surface area (Å²) in [5.41, 5.74) is 2.16. The second-order valence-corrected chi connectivity index (χ2v) is 6.27. The Morgan fingerprint density at radius 3 is 2.69 bits per heavy atom. The smallest absolute Gasteiger partial charge is 0.261 e. The summed E-state index contributed by atoms with van der Waals surface area (Å²) in [7, 11) is 0. The third-order valence-electron chi connectivity index (χ3n) is 4.25. The maximum absolute atomic E-state index is 13.8. The number of halogens is 2. The number of nitrogens with zero attached hydrogens (tertiary/aromatic N) is 3. The Kier molecular flexibility index (Phi) is 4.26. The van der Waals surface area contributed by atoms with Crippen LogP contribution in [0.1, 0.15) is 15.9 Å². The van der Waals surface area contributed by atoms with Crippen LogP contribution in [0.4, 0.5) is 21.7 Å². The number of amides is 1. The van der Waals surface area contributed by atoms with Crippen molar-refractivity contribution in [1.29, 1.82) is 0 Å². The highest BCUT2D eigenvalue weighted by Crippen LogP contribution is 2.33. The molecule has 0 unspecified atom stereocenters. The van der Waals surface area contributed by atoms with Crippen molar-refractivity contribution in [2.45, 2.75) is 6.42 Å². The summed E-state index contributed by atoms with van der Waals surface area (Å²) in [6, 6.07) is 15.6. The number of rotatable bonds is 3. The van der Waals surface area contributed by atoms with Crippen LogP contribution in [-0.4, -0.2) is 22.6 Å². The number of carbonyl (C=O) groups is 1. The predicted octanol–water partition coefficient (Wildman–Crippen LogP) is 4.22. The number of benzene rings is 2. The Hall–Kier alpha value is -2.99. The third-order valence-corrected chi connectivity index (χ3v) is 4.56. The first-order valence-electron chi connectivity index (χ1n) is 8.08. The lowest BCUT2D eigenvalue weighted by atomic mass is 10.2. The lowest BCUT2D eigenvalue weighted by Gasteiger charge is -2.17. The number of para-hydroxylation sites is 1. The van der Waals surface area contributed by atoms with Gasteiger partial charge in [-0.1, -0.05) is 35.9 Å². The molecule has 0 radical (unpaired) electrons. The summed E-state index contributed by atoms with van der Waals surface area (Å²) in [4.78, 5) is 14.3. The van der Waals surface area contributed by atoms with E-state index in [0.29, 0.717) is 5.82 Å². The van der Waals surface area contributed by atoms with Crippen LogP contribution in [0.25, 0.3) is 0 Å². The van der Waals surface area contributed by atoms with Crippen LogP contribution in [0.15, 0.2) is 54.6 Å². The van der Waals surface area contributed by atoms with Gasteiger partial charge in [-0.15, -0.1) is 10.2 Å². The van der Waals surface area contributed by atoms with Crippen molar-refractivity contribution in [2.75, 3.05) is 16.8 Å². The molecule has 1 N–H and O–H groups in total. The zero-order chi connectivity index (χ0) is 18.1. The van der Waals surface area contributed by atoms with Crippen LogP contribution in [0.5, 0.6) is 0 Å². The number of hydrogen-bond donors (Lipinski definition) is 1. The summed E-state index contributed by atoms with van der Waals surface area (Å²) in [6.45, 7) is 0.824. The van der Waals surface area contributed by atoms with Gasteiger partial charge in [0.25, 0.3) is 5.91 Å². The van der Waals surface area contributed by atoms with Crippen LogP contribution < -0.4 is 10.2 Å². The van der Waals surface area contributed by atoms with Gasteiger partial charge in [0.1, 0.15) is 5.82 Å². The Bertz CT molecular complexity index is 957. The Labute approximate surface area is 154 Å². The fourth-order valence-electron chi connectivity index (χ4n) is 3.01. The molecule has 2 heterocycles. The van der Waals surface area contributed by atoms with Gasteiger partial charge in [-0.3, -0.25) is 4.79 Å². The minimum atomic E-state index is -0.687. The van der Waals surface area contributed by atoms with Gasteiger partial charge in [0.2, 0.25) is 0 Å². The van der Waals surface area contributed by atoms with Crippen molar-refractivity contribution in [1.82, 2.24) is 10.2 Å². The van der Waals surface area contributed by atoms with Crippen LogP contribution in [0.3, 0.4) is 0 Å². The Morgan fingerprint density at radius 1 is 1.08 bits per heavy atom. The van der Waals surface area contributed by atoms with E-state index < -0.39 is 11.7 Å². The number of nitrogens with one attached hydrogen (secondary N) is 1. The van der Waals surface area contributed by atoms with Crippen molar-refractivity contribution in [3.63, 3.8) is 0 Å². The fraction of sp³-hybridized carbons (Fsp3) is 0.105. The second kappa shape index (κ2) is 6.72. The molecule has 3 aromatic rings. The van der Waals surface area contributed by atoms with E-state index in [4.69, 9.17) is 11.6 Å². The molecule has 0 saturated carbocycles. The van der Waals surface area contributed by atoms with E-state index in [1.807, 2.05) is 18.2 Å². The summed E-state index contributed by atoms with van der Waals surface area (Å²) >= 11 is 5.91. The highest BCUT2D eigenvalue weighted by Gasteiger charge is 2.21. The molecule has 1 amide bonds. The molecule has 130 valence electrons. The van der Waals surface area contributed by atoms with E-state index >= 15 is 0 Å². The van der Waals surface area contributed by atoms with Gasteiger partial charge in [-0.2, -0.15) is 0 Å². The molecule has 0 spiro atoms. The maximum atomic E-state index is 13.8. The Morgan fingerprint density at radius 2 is 1.92 bits per heavy atom. The molecule has 0 atom stereocenters. The Balaban J connectivity index is 1.53. The maximum Gasteiger partial charge on any atom is 0.261 e. The zero-order valence-corrected chi connectivity index (χ0v) is 14.4. The number of carbonyl (C=O) groups excluding carboxylic acids is 1. The molecular formula is C19H14ClFN4O. The lowest BCUT2D eigenvalue weighted by Crippen LogP contribution is -2.18. The minimum Gasteiger partial charge on any atom is -0.324 e. The van der Waals surface area contributed by atoms with Gasteiger partial charge >= 0.3 is 0 Å². The summed E-state index contributed by atoms with van der Waals surface area (Å²) in [6.07, 6.45) is 0.947. The van der Waals surface area contributed by atoms with E-state index in [-0.39, 0.29) is 16.4 Å². The van der Waals surface area contributed by atoms with E-state index in [0.717, 1.165) is 18.7 Å². The third kappa shape index (κ3) is 2.99. The van der Waals surface area contributed by atoms with Crippen molar-refractivity contribution < 1.29 is 9.18 Å². The highest BCUT2D eigenvalue weighted by molar-refractivity contribution is 6.34. The molecule has 2 aromatic carbocycles. The first kappa shape index (κ1) is 16.5. The van der Waals surface area contributed by atoms with E-state index in [1.54, 1.807) is 12.1 Å². The van der Waals surface area contributed by atoms with Crippen molar-refractivity contribution in [3.8, 4) is 0 Å². The van der Waals surface area contributed by atoms with Gasteiger partial charge in [0.15, 0.2) is 11.6 Å². The number of anilines is 3. The SMILES string of the molecule is O=C(Nc1ccc(N2CCc3ccccc32)nn1)c1c(F)cccc1Cl. The average molecular weight is 369 g/mol. The molecule has 26 heavy (non-hydrogen) atoms. The summed E-state index contributed by atoms with van der Waals surface area (Å²) < 4.78 is 13.8. The van der Waals surface area contributed by atoms with E-state index in [1.165, 1.54) is 23.8 Å². The fourth-order valence-corrected chi connectivity index (χ4v) is 3.25. The zero-order valence-electron chi connectivity index (χ0n) is 13.6. The van der Waals surface area contributed by atoms with Crippen molar-refractivity contribution in [2.24, 2.45) is 0 Å². The van der Waals surface area contributed by atoms with Gasteiger partial charge in [0.05, 0.1) is 10.6 Å². The molecule has 0 fully saturated rings. The van der Waals surface area contributed by atoms with E-state index in [9.17, 15) is 9.18 Å². The molecule has 4 rings (SSSR count). The molecule has 1 aliphatic heterocycles.